The average Bonchev–Trinajstić information content (AvgIpc) is 3.08. The lowest BCUT2D eigenvalue weighted by Crippen LogP contribution is -2.16. The van der Waals surface area contributed by atoms with Crippen molar-refractivity contribution in [2.75, 3.05) is 23.5 Å². The van der Waals surface area contributed by atoms with Gasteiger partial charge < -0.3 is 15.9 Å². The summed E-state index contributed by atoms with van der Waals surface area (Å²) >= 11 is 1.17. The van der Waals surface area contributed by atoms with Crippen LogP contribution in [0.1, 0.15) is 17.3 Å². The maximum Gasteiger partial charge on any atom is 0.338 e. The van der Waals surface area contributed by atoms with Crippen LogP contribution in [0.5, 0.6) is 0 Å². The molecule has 3 aromatic rings. The second-order valence-electron chi connectivity index (χ2n) is 5.55. The number of ether oxygens (including phenoxy) is 1. The number of amides is 1. The van der Waals surface area contributed by atoms with Crippen LogP contribution in [0.2, 0.25) is 0 Å². The highest BCUT2D eigenvalue weighted by atomic mass is 32.2. The summed E-state index contributed by atoms with van der Waals surface area (Å²) in [6, 6.07) is 10.0. The fourth-order valence-electron chi connectivity index (χ4n) is 2.30. The third-order valence-electron chi connectivity index (χ3n) is 3.62. The van der Waals surface area contributed by atoms with Gasteiger partial charge in [0.2, 0.25) is 11.1 Å². The predicted octanol–water partition coefficient (Wildman–Crippen LogP) is 1.96. The molecule has 0 bridgehead atoms. The smallest absolute Gasteiger partial charge is 0.338 e. The van der Waals surface area contributed by atoms with Crippen LogP contribution < -0.4 is 11.2 Å². The summed E-state index contributed by atoms with van der Waals surface area (Å²) in [6.45, 7) is 2.05. The number of nitrogen functional groups attached to an aromatic ring is 1. The van der Waals surface area contributed by atoms with Gasteiger partial charge in [-0.15, -0.1) is 10.2 Å². The lowest BCUT2D eigenvalue weighted by Gasteiger charge is -2.07. The van der Waals surface area contributed by atoms with E-state index in [0.717, 1.165) is 5.56 Å². The van der Waals surface area contributed by atoms with E-state index in [2.05, 4.69) is 20.5 Å². The molecule has 3 N–H and O–H groups in total. The Morgan fingerprint density at radius 3 is 2.54 bits per heavy atom. The van der Waals surface area contributed by atoms with Crippen molar-refractivity contribution in [3.05, 3.63) is 54.4 Å². The van der Waals surface area contributed by atoms with Gasteiger partial charge in [-0.25, -0.2) is 9.47 Å². The number of carbonyl (C=O) groups excluding carboxylic acids is 2. The molecule has 0 saturated heterocycles. The van der Waals surface area contributed by atoms with Crippen molar-refractivity contribution < 1.29 is 14.3 Å². The zero-order valence-corrected chi connectivity index (χ0v) is 15.8. The van der Waals surface area contributed by atoms with Crippen LogP contribution in [0.15, 0.2) is 53.9 Å². The average molecular weight is 398 g/mol. The molecule has 0 aliphatic rings. The molecule has 0 unspecified atom stereocenters. The van der Waals surface area contributed by atoms with Crippen LogP contribution in [-0.2, 0) is 9.53 Å². The first-order valence-electron chi connectivity index (χ1n) is 8.39. The van der Waals surface area contributed by atoms with Crippen molar-refractivity contribution in [2.24, 2.45) is 0 Å². The molecule has 0 spiro atoms. The van der Waals surface area contributed by atoms with Gasteiger partial charge in [-0.2, -0.15) is 0 Å². The number of hydrogen-bond donors (Lipinski definition) is 2. The summed E-state index contributed by atoms with van der Waals surface area (Å²) < 4.78 is 6.26. The van der Waals surface area contributed by atoms with Crippen molar-refractivity contribution in [1.29, 1.82) is 0 Å². The van der Waals surface area contributed by atoms with Crippen LogP contribution in [-0.4, -0.2) is 44.1 Å². The molecule has 0 aliphatic carbocycles. The highest BCUT2D eigenvalue weighted by molar-refractivity contribution is 7.99. The Kier molecular flexibility index (Phi) is 6.22. The summed E-state index contributed by atoms with van der Waals surface area (Å²) in [6.07, 6.45) is 3.27. The number of aromatic nitrogens is 4. The number of rotatable bonds is 7. The van der Waals surface area contributed by atoms with E-state index in [1.165, 1.54) is 16.4 Å². The molecule has 0 fully saturated rings. The lowest BCUT2D eigenvalue weighted by atomic mass is 10.2. The lowest BCUT2D eigenvalue weighted by molar-refractivity contribution is -0.113. The number of benzene rings is 1. The van der Waals surface area contributed by atoms with Gasteiger partial charge in [0.05, 0.1) is 17.9 Å². The van der Waals surface area contributed by atoms with Crippen LogP contribution in [0.3, 0.4) is 0 Å². The van der Waals surface area contributed by atoms with Crippen LogP contribution in [0.4, 0.5) is 5.69 Å². The minimum atomic E-state index is -0.400. The van der Waals surface area contributed by atoms with Gasteiger partial charge in [-0.1, -0.05) is 11.8 Å². The molecule has 9 nitrogen and oxygen atoms in total. The van der Waals surface area contributed by atoms with Crippen molar-refractivity contribution in [2.45, 2.75) is 12.1 Å². The van der Waals surface area contributed by atoms with Gasteiger partial charge in [0.15, 0.2) is 5.82 Å². The zero-order chi connectivity index (χ0) is 19.9. The SMILES string of the molecule is CCOC(=O)c1ccc(NC(=O)CSc2nnc(-c3ccncc3)n2N)cc1. The Morgan fingerprint density at radius 1 is 1.14 bits per heavy atom. The Hall–Kier alpha value is -3.40. The highest BCUT2D eigenvalue weighted by Gasteiger charge is 2.14. The summed E-state index contributed by atoms with van der Waals surface area (Å²) in [4.78, 5) is 27.7. The quantitative estimate of drug-likeness (QED) is 0.351. The third kappa shape index (κ3) is 4.65. The maximum atomic E-state index is 12.2. The topological polar surface area (TPSA) is 125 Å². The van der Waals surface area contributed by atoms with Crippen LogP contribution >= 0.6 is 11.8 Å². The Balaban J connectivity index is 1.56. The Labute approximate surface area is 165 Å². The number of pyridine rings is 1. The normalized spacial score (nSPS) is 10.5. The predicted molar refractivity (Wildman–Crippen MR) is 105 cm³/mol. The third-order valence-corrected chi connectivity index (χ3v) is 4.56. The van der Waals surface area contributed by atoms with Gasteiger partial charge in [0, 0.05) is 23.6 Å². The van der Waals surface area contributed by atoms with E-state index in [0.29, 0.717) is 28.8 Å². The highest BCUT2D eigenvalue weighted by Crippen LogP contribution is 2.21. The zero-order valence-electron chi connectivity index (χ0n) is 15.0. The van der Waals surface area contributed by atoms with Gasteiger partial charge in [-0.3, -0.25) is 9.78 Å². The summed E-state index contributed by atoms with van der Waals surface area (Å²) in [5.74, 6) is 5.97. The molecule has 0 radical (unpaired) electrons. The molecule has 0 atom stereocenters. The summed E-state index contributed by atoms with van der Waals surface area (Å²) in [5, 5.41) is 11.2. The Morgan fingerprint density at radius 2 is 1.86 bits per heavy atom. The van der Waals surface area contributed by atoms with E-state index in [1.807, 2.05) is 0 Å². The monoisotopic (exact) mass is 398 g/mol. The van der Waals surface area contributed by atoms with E-state index < -0.39 is 5.97 Å². The van der Waals surface area contributed by atoms with E-state index in [1.54, 1.807) is 55.7 Å². The first kappa shape index (κ1) is 19.4. The first-order chi connectivity index (χ1) is 13.6. The maximum absolute atomic E-state index is 12.2. The van der Waals surface area contributed by atoms with Gasteiger partial charge in [0.25, 0.3) is 0 Å². The van der Waals surface area contributed by atoms with Crippen molar-refractivity contribution >= 4 is 29.3 Å². The molecule has 2 aromatic heterocycles. The molecule has 0 saturated carbocycles. The molecular formula is C18H18N6O3S. The summed E-state index contributed by atoms with van der Waals surface area (Å²) in [7, 11) is 0. The molecule has 1 aromatic carbocycles. The molecule has 0 aliphatic heterocycles. The number of esters is 1. The summed E-state index contributed by atoms with van der Waals surface area (Å²) in [5.41, 5.74) is 1.78. The molecule has 2 heterocycles. The van der Waals surface area contributed by atoms with Gasteiger partial charge in [-0.05, 0) is 43.3 Å². The Bertz CT molecular complexity index is 959. The number of thioether (sulfide) groups is 1. The van der Waals surface area contributed by atoms with E-state index in [4.69, 9.17) is 10.6 Å². The minimum absolute atomic E-state index is 0.102. The first-order valence-corrected chi connectivity index (χ1v) is 9.37. The number of anilines is 1. The molecule has 10 heteroatoms. The molecule has 28 heavy (non-hydrogen) atoms. The van der Waals surface area contributed by atoms with Crippen LogP contribution in [0.25, 0.3) is 11.4 Å². The number of nitrogens with zero attached hydrogens (tertiary/aromatic N) is 4. The van der Waals surface area contributed by atoms with Crippen molar-refractivity contribution in [1.82, 2.24) is 19.9 Å². The molecule has 3 rings (SSSR count). The van der Waals surface area contributed by atoms with E-state index in [-0.39, 0.29) is 11.7 Å². The number of nitrogens with one attached hydrogen (secondary N) is 1. The largest absolute Gasteiger partial charge is 0.462 e. The number of nitrogens with two attached hydrogens (primary N) is 1. The molecular weight excluding hydrogens is 380 g/mol. The van der Waals surface area contributed by atoms with Gasteiger partial charge >= 0.3 is 5.97 Å². The van der Waals surface area contributed by atoms with Gasteiger partial charge in [0.1, 0.15) is 0 Å². The molecule has 144 valence electrons. The standard InChI is InChI=1S/C18H18N6O3S/c1-2-27-17(26)13-3-5-14(6-4-13)21-15(25)11-28-18-23-22-16(24(18)19)12-7-9-20-10-8-12/h3-10H,2,11,19H2,1H3,(H,21,25). The van der Waals surface area contributed by atoms with Crippen LogP contribution in [0, 0.1) is 0 Å². The van der Waals surface area contributed by atoms with E-state index >= 15 is 0 Å². The van der Waals surface area contributed by atoms with Crippen molar-refractivity contribution in [3.8, 4) is 11.4 Å². The van der Waals surface area contributed by atoms with Crippen molar-refractivity contribution in [3.63, 3.8) is 0 Å². The van der Waals surface area contributed by atoms with E-state index in [9.17, 15) is 9.59 Å². The molecule has 1 amide bonds. The fourth-order valence-corrected chi connectivity index (χ4v) is 2.96. The number of carbonyl (C=O) groups is 2. The second-order valence-corrected chi connectivity index (χ2v) is 6.49. The second kappa shape index (κ2) is 9.00. The fraction of sp³-hybridized carbons (Fsp3) is 0.167. The number of hydrogen-bond acceptors (Lipinski definition) is 8. The minimum Gasteiger partial charge on any atom is -0.462 e.